The number of benzene rings is 1. The number of allylic oxidation sites excluding steroid dienone is 1. The molecule has 5 heteroatoms. The molecule has 3 nitrogen and oxygen atoms in total. The summed E-state index contributed by atoms with van der Waals surface area (Å²) in [6, 6.07) is 6.71. The summed E-state index contributed by atoms with van der Waals surface area (Å²) in [5.41, 5.74) is 1.00. The van der Waals surface area contributed by atoms with E-state index in [0.717, 1.165) is 0 Å². The summed E-state index contributed by atoms with van der Waals surface area (Å²) < 4.78 is 4.81. The molecule has 0 spiro atoms. The normalized spacial score (nSPS) is 11.5. The van der Waals surface area contributed by atoms with Gasteiger partial charge in [-0.2, -0.15) is 5.26 Å². The molecule has 1 aromatic carbocycles. The highest BCUT2D eigenvalue weighted by molar-refractivity contribution is 6.35. The minimum Gasteiger partial charge on any atom is -0.462 e. The molecule has 0 aromatic heterocycles. The van der Waals surface area contributed by atoms with Gasteiger partial charge in [-0.05, 0) is 37.1 Å². The zero-order valence-corrected chi connectivity index (χ0v) is 11.5. The van der Waals surface area contributed by atoms with Gasteiger partial charge in [0, 0.05) is 10.0 Å². The molecule has 1 rings (SSSR count). The van der Waals surface area contributed by atoms with E-state index in [1.54, 1.807) is 32.0 Å². The number of halogens is 2. The molecule has 18 heavy (non-hydrogen) atoms. The predicted octanol–water partition coefficient (Wildman–Crippen LogP) is 3.85. The quantitative estimate of drug-likeness (QED) is 0.481. The number of ether oxygens (including phenoxy) is 1. The van der Waals surface area contributed by atoms with Gasteiger partial charge in [-0.25, -0.2) is 4.79 Å². The van der Waals surface area contributed by atoms with E-state index in [9.17, 15) is 4.79 Å². The van der Waals surface area contributed by atoms with Crippen LogP contribution in [0, 0.1) is 11.3 Å². The molecule has 0 aliphatic rings. The van der Waals surface area contributed by atoms with Gasteiger partial charge < -0.3 is 4.74 Å². The maximum Gasteiger partial charge on any atom is 0.349 e. The van der Waals surface area contributed by atoms with Crippen LogP contribution in [0.2, 0.25) is 10.0 Å². The van der Waals surface area contributed by atoms with Crippen molar-refractivity contribution in [1.29, 1.82) is 5.26 Å². The topological polar surface area (TPSA) is 50.1 Å². The van der Waals surface area contributed by atoms with Crippen molar-refractivity contribution in [3.8, 4) is 6.07 Å². The maximum atomic E-state index is 11.6. The molecule has 1 aromatic rings. The molecule has 0 radical (unpaired) electrons. The van der Waals surface area contributed by atoms with E-state index in [1.165, 1.54) is 0 Å². The Kier molecular flexibility index (Phi) is 5.21. The van der Waals surface area contributed by atoms with Crippen LogP contribution in [0.15, 0.2) is 23.8 Å². The molecule has 0 heterocycles. The lowest BCUT2D eigenvalue weighted by Crippen LogP contribution is -2.08. The number of rotatable bonds is 3. The first-order chi connectivity index (χ1) is 8.51. The summed E-state index contributed by atoms with van der Waals surface area (Å²) in [6.07, 6.45) is 0. The monoisotopic (exact) mass is 283 g/mol. The smallest absolute Gasteiger partial charge is 0.349 e. The Morgan fingerprint density at radius 3 is 2.61 bits per heavy atom. The largest absolute Gasteiger partial charge is 0.462 e. The summed E-state index contributed by atoms with van der Waals surface area (Å²) in [7, 11) is 0. The van der Waals surface area contributed by atoms with Gasteiger partial charge in [0.1, 0.15) is 11.6 Å². The molecule has 94 valence electrons. The molecule has 0 bridgehead atoms. The lowest BCUT2D eigenvalue weighted by molar-refractivity contribution is -0.137. The second kappa shape index (κ2) is 6.44. The van der Waals surface area contributed by atoms with Crippen molar-refractivity contribution in [2.75, 3.05) is 6.61 Å². The van der Waals surface area contributed by atoms with Crippen LogP contribution in [-0.2, 0) is 9.53 Å². The van der Waals surface area contributed by atoms with Crippen molar-refractivity contribution in [2.45, 2.75) is 13.8 Å². The van der Waals surface area contributed by atoms with Gasteiger partial charge in [-0.1, -0.05) is 29.3 Å². The van der Waals surface area contributed by atoms with Crippen LogP contribution in [0.25, 0.3) is 5.57 Å². The molecule has 0 atom stereocenters. The van der Waals surface area contributed by atoms with E-state index in [4.69, 9.17) is 33.2 Å². The third kappa shape index (κ3) is 3.25. The Bertz CT molecular complexity index is 544. The second-order valence-electron chi connectivity index (χ2n) is 3.46. The van der Waals surface area contributed by atoms with Gasteiger partial charge in [0.05, 0.1) is 6.61 Å². The van der Waals surface area contributed by atoms with Crippen LogP contribution in [0.5, 0.6) is 0 Å². The van der Waals surface area contributed by atoms with E-state index in [0.29, 0.717) is 21.2 Å². The SMILES string of the molecule is CCOC(=O)/C(C#N)=C(/C)c1ccc(Cl)cc1Cl. The van der Waals surface area contributed by atoms with Crippen molar-refractivity contribution < 1.29 is 9.53 Å². The zero-order valence-electron chi connectivity index (χ0n) is 9.96. The zero-order chi connectivity index (χ0) is 13.7. The fraction of sp³-hybridized carbons (Fsp3) is 0.231. The Labute approximate surface area is 116 Å². The molecule has 0 aliphatic carbocycles. The van der Waals surface area contributed by atoms with Crippen molar-refractivity contribution in [2.24, 2.45) is 0 Å². The van der Waals surface area contributed by atoms with E-state index < -0.39 is 5.97 Å². The number of carbonyl (C=O) groups excluding carboxylic acids is 1. The standard InChI is InChI=1S/C13H11Cl2NO2/c1-3-18-13(17)11(7-16)8(2)10-5-4-9(14)6-12(10)15/h4-6H,3H2,1-2H3/b11-8-. The van der Waals surface area contributed by atoms with Crippen LogP contribution in [0.3, 0.4) is 0 Å². The number of hydrogen-bond acceptors (Lipinski definition) is 3. The van der Waals surface area contributed by atoms with Crippen molar-refractivity contribution in [3.63, 3.8) is 0 Å². The molecule has 0 unspecified atom stereocenters. The molecule has 0 saturated heterocycles. The van der Waals surface area contributed by atoms with Gasteiger partial charge in [-0.3, -0.25) is 0 Å². The van der Waals surface area contributed by atoms with Gasteiger partial charge in [0.15, 0.2) is 0 Å². The summed E-state index contributed by atoms with van der Waals surface area (Å²) in [4.78, 5) is 11.6. The minimum absolute atomic E-state index is 0.0546. The van der Waals surface area contributed by atoms with Crippen LogP contribution in [-0.4, -0.2) is 12.6 Å². The average Bonchev–Trinajstić information content (AvgIpc) is 2.29. The molecule has 0 N–H and O–H groups in total. The highest BCUT2D eigenvalue weighted by Crippen LogP contribution is 2.28. The Morgan fingerprint density at radius 1 is 1.44 bits per heavy atom. The first kappa shape index (κ1) is 14.6. The van der Waals surface area contributed by atoms with Gasteiger partial charge in [-0.15, -0.1) is 0 Å². The Hall–Kier alpha value is -1.50. The fourth-order valence-electron chi connectivity index (χ4n) is 1.41. The van der Waals surface area contributed by atoms with Crippen molar-refractivity contribution in [1.82, 2.24) is 0 Å². The van der Waals surface area contributed by atoms with Crippen LogP contribution >= 0.6 is 23.2 Å². The fourth-order valence-corrected chi connectivity index (χ4v) is 1.96. The molecule has 0 fully saturated rings. The highest BCUT2D eigenvalue weighted by Gasteiger charge is 2.16. The van der Waals surface area contributed by atoms with E-state index in [-0.39, 0.29) is 12.2 Å². The molecular weight excluding hydrogens is 273 g/mol. The summed E-state index contributed by atoms with van der Waals surface area (Å²) in [6.45, 7) is 3.54. The number of nitrogens with zero attached hydrogens (tertiary/aromatic N) is 1. The number of nitriles is 1. The molecular formula is C13H11Cl2NO2. The van der Waals surface area contributed by atoms with Crippen LogP contribution in [0.4, 0.5) is 0 Å². The van der Waals surface area contributed by atoms with Crippen LogP contribution < -0.4 is 0 Å². The first-order valence-electron chi connectivity index (χ1n) is 5.24. The number of carbonyl (C=O) groups is 1. The molecule has 0 amide bonds. The first-order valence-corrected chi connectivity index (χ1v) is 6.00. The van der Waals surface area contributed by atoms with E-state index >= 15 is 0 Å². The average molecular weight is 284 g/mol. The molecule has 0 saturated carbocycles. The van der Waals surface area contributed by atoms with Crippen molar-refractivity contribution in [3.05, 3.63) is 39.4 Å². The van der Waals surface area contributed by atoms with Gasteiger partial charge >= 0.3 is 5.97 Å². The van der Waals surface area contributed by atoms with Crippen molar-refractivity contribution >= 4 is 34.7 Å². The number of esters is 1. The lowest BCUT2D eigenvalue weighted by atomic mass is 10.0. The predicted molar refractivity (Wildman–Crippen MR) is 71.3 cm³/mol. The summed E-state index contributed by atoms with van der Waals surface area (Å²) in [5, 5.41) is 9.90. The third-order valence-electron chi connectivity index (χ3n) is 2.30. The Balaban J connectivity index is 3.28. The summed E-state index contributed by atoms with van der Waals surface area (Å²) in [5.74, 6) is -0.650. The third-order valence-corrected chi connectivity index (χ3v) is 2.85. The minimum atomic E-state index is -0.650. The Morgan fingerprint density at radius 2 is 2.11 bits per heavy atom. The molecule has 0 aliphatic heterocycles. The second-order valence-corrected chi connectivity index (χ2v) is 4.30. The maximum absolute atomic E-state index is 11.6. The van der Waals surface area contributed by atoms with Gasteiger partial charge in [0.25, 0.3) is 0 Å². The van der Waals surface area contributed by atoms with Crippen LogP contribution in [0.1, 0.15) is 19.4 Å². The van der Waals surface area contributed by atoms with Gasteiger partial charge in [0.2, 0.25) is 0 Å². The van der Waals surface area contributed by atoms with E-state index in [1.807, 2.05) is 6.07 Å². The highest BCUT2D eigenvalue weighted by atomic mass is 35.5. The summed E-state index contributed by atoms with van der Waals surface area (Å²) >= 11 is 11.8. The lowest BCUT2D eigenvalue weighted by Gasteiger charge is -2.08. The van der Waals surface area contributed by atoms with E-state index in [2.05, 4.69) is 0 Å². The number of hydrogen-bond donors (Lipinski definition) is 0.